The van der Waals surface area contributed by atoms with Crippen molar-refractivity contribution in [3.05, 3.63) is 12.2 Å². The lowest BCUT2D eigenvalue weighted by Crippen LogP contribution is -2.68. The van der Waals surface area contributed by atoms with E-state index in [0.717, 1.165) is 0 Å². The molecule has 1 spiro atoms. The molecule has 1 unspecified atom stereocenters. The summed E-state index contributed by atoms with van der Waals surface area (Å²) in [6.07, 6.45) is -39.9. The topological polar surface area (TPSA) is 453 Å². The van der Waals surface area contributed by atoms with Crippen molar-refractivity contribution >= 4 is 5.97 Å². The van der Waals surface area contributed by atoms with Crippen molar-refractivity contribution < 1.29 is 139 Å². The van der Waals surface area contributed by atoms with Crippen LogP contribution in [-0.2, 0) is 52.2 Å². The van der Waals surface area contributed by atoms with Crippen molar-refractivity contribution in [2.45, 2.75) is 231 Å². The molecule has 0 aromatic heterocycles. The number of carbonyl (C=O) groups excluding carboxylic acids is 1. The van der Waals surface area contributed by atoms with E-state index in [2.05, 4.69) is 13.5 Å². The lowest BCUT2D eigenvalue weighted by molar-refractivity contribution is -0.400. The highest BCUT2D eigenvalue weighted by atomic mass is 16.8. The fourth-order valence-electron chi connectivity index (χ4n) is 15.0. The number of aliphatic hydroxyl groups is 17. The highest BCUT2D eigenvalue weighted by Gasteiger charge is 2.70. The zero-order chi connectivity index (χ0) is 56.7. The van der Waals surface area contributed by atoms with Gasteiger partial charge in [-0.25, -0.2) is 0 Å². The standard InChI is InChI=1S/C50H80O28/c1-18-11-49-9-5-24-47(2,7-4-8-48(24,3)46(68)77-44-39(34(64)29(59)22(15-54)72-44)75-42-36(66)32(62)27(57)20(13-52)70-42)25(49)6-10-50(18,17-49)78-45-40(76-43-37(67)33(63)28(58)21(14-53)71-43)38(30(60)23(16-55)73-45)74-41-35(65)31(61)26(56)19(12-51)69-41/h19-45,51-67H,1,4-17H2,2-3H3/t19-,20-,21-,22-,23-,24+,25+,26-,27-,28-,29-,30-,31-,32-,33-,34-,35-,36-,37-,38-,39-,40-,41-,42-,43-,44-,45-,47+,48+,49?,50-/m1/s1. The van der Waals surface area contributed by atoms with Crippen molar-refractivity contribution in [2.75, 3.05) is 33.0 Å². The van der Waals surface area contributed by atoms with Gasteiger partial charge in [-0.1, -0.05) is 19.9 Å². The molecule has 9 aliphatic rings. The van der Waals surface area contributed by atoms with E-state index in [4.69, 9.17) is 47.4 Å². The molecule has 5 heterocycles. The molecule has 0 aromatic rings. The third kappa shape index (κ3) is 10.3. The van der Waals surface area contributed by atoms with Crippen LogP contribution in [0.1, 0.15) is 71.6 Å². The zero-order valence-electron chi connectivity index (χ0n) is 43.3. The Morgan fingerprint density at radius 3 is 1.41 bits per heavy atom. The van der Waals surface area contributed by atoms with Crippen LogP contribution in [0.5, 0.6) is 0 Å². The SMILES string of the molecule is C=C1CC23CC[C@H]4[C@](C)(CCC[C@]4(C)C(=O)O[C@H]4O[C@H](CO)[C@@H](O)[C@@H](O)[C@H]4O[C@H]4O[C@H](CO)[C@@H](O)[C@@H](O)[C@H]4O)[C@@H]2CC[C@@]1(O[C@H]1O[C@H](CO)[C@@H](O)[C@@H](O[C@H]2O[C@H](CO)[C@@H](O)[C@@H](O)[C@H]2O)[C@H]1O[C@H]1O[C@H](CO)[C@@H](O)[C@@H](O)[C@H]1O)C3. The summed E-state index contributed by atoms with van der Waals surface area (Å²) in [5.41, 5.74) is -2.81. The Hall–Kier alpha value is -1.83. The molecule has 31 atom stereocenters. The lowest BCUT2D eigenvalue weighted by atomic mass is 9.41. The largest absolute Gasteiger partial charge is 0.432 e. The van der Waals surface area contributed by atoms with E-state index in [1.165, 1.54) is 0 Å². The number of esters is 1. The molecule has 17 N–H and O–H groups in total. The van der Waals surface area contributed by atoms with Gasteiger partial charge in [-0.2, -0.15) is 0 Å². The Labute approximate surface area is 448 Å². The normalized spacial score (nSPS) is 54.5. The van der Waals surface area contributed by atoms with E-state index in [0.29, 0.717) is 63.4 Å². The Morgan fingerprint density at radius 1 is 0.487 bits per heavy atom. The van der Waals surface area contributed by atoms with Gasteiger partial charge in [-0.3, -0.25) is 4.79 Å². The number of fused-ring (bicyclic) bond motifs is 3. The molecule has 28 heteroatoms. The van der Waals surface area contributed by atoms with Crippen molar-refractivity contribution in [1.82, 2.24) is 0 Å². The van der Waals surface area contributed by atoms with Crippen LogP contribution in [0.2, 0.25) is 0 Å². The fourth-order valence-corrected chi connectivity index (χ4v) is 15.0. The summed E-state index contributed by atoms with van der Waals surface area (Å²) in [6.45, 7) is 4.32. The van der Waals surface area contributed by atoms with Gasteiger partial charge in [0.05, 0.1) is 44.1 Å². The molecular formula is C50H80O28. The maximum absolute atomic E-state index is 14.9. The second-order valence-electron chi connectivity index (χ2n) is 23.6. The first-order chi connectivity index (χ1) is 36.9. The predicted molar refractivity (Wildman–Crippen MR) is 252 cm³/mol. The third-order valence-electron chi connectivity index (χ3n) is 19.2. The molecule has 0 radical (unpaired) electrons. The molecule has 9 fully saturated rings. The number of rotatable bonds is 15. The highest BCUT2D eigenvalue weighted by molar-refractivity contribution is 5.77. The lowest BCUT2D eigenvalue weighted by Gasteiger charge is -2.64. The molecule has 4 aliphatic carbocycles. The molecular weight excluding hydrogens is 1050 g/mol. The molecule has 2 bridgehead atoms. The van der Waals surface area contributed by atoms with E-state index in [1.807, 2.05) is 0 Å². The number of hydrogen-bond donors (Lipinski definition) is 17. The van der Waals surface area contributed by atoms with Crippen LogP contribution in [0.3, 0.4) is 0 Å². The van der Waals surface area contributed by atoms with Crippen LogP contribution in [0.25, 0.3) is 0 Å². The van der Waals surface area contributed by atoms with Gasteiger partial charge >= 0.3 is 5.97 Å². The van der Waals surface area contributed by atoms with Gasteiger partial charge in [-0.05, 0) is 86.5 Å². The molecule has 0 amide bonds. The van der Waals surface area contributed by atoms with Crippen LogP contribution in [0.15, 0.2) is 12.2 Å². The van der Waals surface area contributed by atoms with Gasteiger partial charge in [0.2, 0.25) is 6.29 Å². The van der Waals surface area contributed by atoms with E-state index in [9.17, 15) is 91.6 Å². The number of carbonyl (C=O) groups is 1. The summed E-state index contributed by atoms with van der Waals surface area (Å²) in [4.78, 5) is 14.9. The average Bonchev–Trinajstić information content (AvgIpc) is 3.69. The summed E-state index contributed by atoms with van der Waals surface area (Å²) in [6, 6.07) is 0. The first-order valence-corrected chi connectivity index (χ1v) is 26.9. The molecule has 0 aromatic carbocycles. The summed E-state index contributed by atoms with van der Waals surface area (Å²) in [5.74, 6) is -1.14. The Morgan fingerprint density at radius 2 is 0.910 bits per heavy atom. The number of hydrogen-bond acceptors (Lipinski definition) is 28. The highest BCUT2D eigenvalue weighted by Crippen LogP contribution is 2.74. The Kier molecular flexibility index (Phi) is 18.2. The second kappa shape index (κ2) is 23.3. The third-order valence-corrected chi connectivity index (χ3v) is 19.2. The van der Waals surface area contributed by atoms with E-state index in [1.54, 1.807) is 6.92 Å². The molecule has 4 saturated carbocycles. The minimum Gasteiger partial charge on any atom is -0.432 e. The molecule has 78 heavy (non-hydrogen) atoms. The van der Waals surface area contributed by atoms with E-state index in [-0.39, 0.29) is 11.8 Å². The van der Waals surface area contributed by atoms with Crippen molar-refractivity contribution in [3.63, 3.8) is 0 Å². The molecule has 448 valence electrons. The van der Waals surface area contributed by atoms with Gasteiger partial charge < -0.3 is 134 Å². The van der Waals surface area contributed by atoms with Gasteiger partial charge in [0, 0.05) is 0 Å². The van der Waals surface area contributed by atoms with Gasteiger partial charge in [0.15, 0.2) is 31.3 Å². The zero-order valence-corrected chi connectivity index (χ0v) is 43.3. The van der Waals surface area contributed by atoms with Crippen LogP contribution in [-0.4, -0.2) is 285 Å². The van der Waals surface area contributed by atoms with Gasteiger partial charge in [0.25, 0.3) is 0 Å². The number of ether oxygens (including phenoxy) is 10. The summed E-state index contributed by atoms with van der Waals surface area (Å²) in [5, 5.41) is 181. The average molecular weight is 1130 g/mol. The van der Waals surface area contributed by atoms with Crippen molar-refractivity contribution in [1.29, 1.82) is 0 Å². The minimum absolute atomic E-state index is 0.0705. The summed E-state index contributed by atoms with van der Waals surface area (Å²) in [7, 11) is 0. The Bertz CT molecular complexity index is 2070. The first kappa shape index (κ1) is 60.8. The second-order valence-corrected chi connectivity index (χ2v) is 23.6. The maximum atomic E-state index is 14.9. The van der Waals surface area contributed by atoms with Crippen molar-refractivity contribution in [3.8, 4) is 0 Å². The quantitative estimate of drug-likeness (QED) is 0.0411. The minimum atomic E-state index is -1.99. The van der Waals surface area contributed by atoms with Crippen LogP contribution >= 0.6 is 0 Å². The molecule has 28 nitrogen and oxygen atoms in total. The summed E-state index contributed by atoms with van der Waals surface area (Å²) < 4.78 is 60.3. The summed E-state index contributed by atoms with van der Waals surface area (Å²) >= 11 is 0. The monoisotopic (exact) mass is 1130 g/mol. The van der Waals surface area contributed by atoms with Crippen LogP contribution in [0, 0.1) is 28.1 Å². The van der Waals surface area contributed by atoms with E-state index >= 15 is 0 Å². The molecule has 5 aliphatic heterocycles. The Balaban J connectivity index is 0.968. The smallest absolute Gasteiger partial charge is 0.314 e. The molecule has 9 rings (SSSR count). The van der Waals surface area contributed by atoms with Crippen LogP contribution in [0.4, 0.5) is 0 Å². The first-order valence-electron chi connectivity index (χ1n) is 26.9. The van der Waals surface area contributed by atoms with Crippen molar-refractivity contribution in [2.24, 2.45) is 28.1 Å². The molecule has 5 saturated heterocycles. The fraction of sp³-hybridized carbons (Fsp3) is 0.940. The van der Waals surface area contributed by atoms with Gasteiger partial charge in [0.1, 0.15) is 116 Å². The number of aliphatic hydroxyl groups excluding tert-OH is 17. The van der Waals surface area contributed by atoms with Gasteiger partial charge in [-0.15, -0.1) is 0 Å². The predicted octanol–water partition coefficient (Wildman–Crippen LogP) is -7.29. The van der Waals surface area contributed by atoms with Crippen LogP contribution < -0.4 is 0 Å². The van der Waals surface area contributed by atoms with E-state index < -0.39 is 214 Å². The maximum Gasteiger partial charge on any atom is 0.314 e.